The smallest absolute Gasteiger partial charge is 0.251 e. The number of anilines is 1. The van der Waals surface area contributed by atoms with Gasteiger partial charge in [0.15, 0.2) is 15.0 Å². The van der Waals surface area contributed by atoms with E-state index in [-0.39, 0.29) is 34.7 Å². The normalized spacial score (nSPS) is 27.2. The van der Waals surface area contributed by atoms with Crippen molar-refractivity contribution in [3.8, 4) is 0 Å². The summed E-state index contributed by atoms with van der Waals surface area (Å²) in [7, 11) is -2.97. The van der Waals surface area contributed by atoms with E-state index in [2.05, 4.69) is 15.6 Å². The van der Waals surface area contributed by atoms with Crippen molar-refractivity contribution in [2.75, 3.05) is 16.8 Å². The Labute approximate surface area is 162 Å². The Morgan fingerprint density at radius 3 is 2.73 bits per heavy atom. The van der Waals surface area contributed by atoms with Crippen molar-refractivity contribution in [2.24, 2.45) is 4.99 Å². The predicted octanol–water partition coefficient (Wildman–Crippen LogP) is 2.69. The summed E-state index contributed by atoms with van der Waals surface area (Å²) >= 11 is 7.69. The molecule has 0 unspecified atom stereocenters. The number of halogens is 1. The topological polar surface area (TPSA) is 87.6 Å². The van der Waals surface area contributed by atoms with Crippen LogP contribution in [-0.4, -0.2) is 48.3 Å². The molecule has 9 heteroatoms. The van der Waals surface area contributed by atoms with Crippen LogP contribution in [0.5, 0.6) is 0 Å². The van der Waals surface area contributed by atoms with Crippen molar-refractivity contribution in [3.05, 3.63) is 28.8 Å². The Bertz CT molecular complexity index is 866. The van der Waals surface area contributed by atoms with E-state index in [0.29, 0.717) is 21.4 Å². The number of carbonyl (C=O) groups excluding carboxylic acids is 1. The summed E-state index contributed by atoms with van der Waals surface area (Å²) in [6.45, 7) is 0. The zero-order valence-corrected chi connectivity index (χ0v) is 16.5. The Kier molecular flexibility index (Phi) is 4.92. The molecule has 0 spiro atoms. The van der Waals surface area contributed by atoms with E-state index in [0.717, 1.165) is 25.7 Å². The van der Waals surface area contributed by atoms with Gasteiger partial charge in [-0.05, 0) is 31.0 Å². The highest BCUT2D eigenvalue weighted by atomic mass is 35.5. The first-order valence-electron chi connectivity index (χ1n) is 8.72. The lowest BCUT2D eigenvalue weighted by atomic mass is 10.1. The number of nitrogens with zero attached hydrogens (tertiary/aromatic N) is 1. The lowest BCUT2D eigenvalue weighted by Crippen LogP contribution is -2.32. The van der Waals surface area contributed by atoms with E-state index in [4.69, 9.17) is 11.6 Å². The number of thioether (sulfide) groups is 1. The predicted molar refractivity (Wildman–Crippen MR) is 106 cm³/mol. The number of sulfone groups is 1. The summed E-state index contributed by atoms with van der Waals surface area (Å²) in [4.78, 5) is 16.9. The van der Waals surface area contributed by atoms with Gasteiger partial charge in [-0.25, -0.2) is 8.42 Å². The fourth-order valence-corrected chi connectivity index (χ4v) is 7.47. The molecule has 1 aromatic rings. The van der Waals surface area contributed by atoms with E-state index in [1.165, 1.54) is 11.8 Å². The monoisotopic (exact) mass is 413 g/mol. The van der Waals surface area contributed by atoms with E-state index in [9.17, 15) is 13.2 Å². The lowest BCUT2D eigenvalue weighted by Gasteiger charge is -2.14. The second-order valence-corrected chi connectivity index (χ2v) is 10.8. The quantitative estimate of drug-likeness (QED) is 0.795. The van der Waals surface area contributed by atoms with Crippen LogP contribution in [0.3, 0.4) is 0 Å². The fourth-order valence-electron chi connectivity index (χ4n) is 3.63. The number of benzene rings is 1. The largest absolute Gasteiger partial charge is 0.349 e. The Morgan fingerprint density at radius 2 is 2.00 bits per heavy atom. The van der Waals surface area contributed by atoms with Crippen LogP contribution >= 0.6 is 23.4 Å². The third kappa shape index (κ3) is 3.87. The Balaban J connectivity index is 1.46. The van der Waals surface area contributed by atoms with Crippen molar-refractivity contribution in [2.45, 2.75) is 43.0 Å². The maximum Gasteiger partial charge on any atom is 0.251 e. The molecule has 2 fully saturated rings. The SMILES string of the molecule is O=C(NC1CCCC1)c1ccc(Cl)c(NC2=N[C@H]3CS(=O)(=O)C[C@H]3S2)c1. The van der Waals surface area contributed by atoms with E-state index in [1.807, 2.05) is 0 Å². The number of carbonyl (C=O) groups is 1. The highest BCUT2D eigenvalue weighted by Gasteiger charge is 2.42. The molecule has 2 heterocycles. The molecule has 4 rings (SSSR count). The third-order valence-electron chi connectivity index (χ3n) is 4.98. The van der Waals surface area contributed by atoms with Crippen molar-refractivity contribution < 1.29 is 13.2 Å². The van der Waals surface area contributed by atoms with E-state index >= 15 is 0 Å². The van der Waals surface area contributed by atoms with Gasteiger partial charge in [-0.3, -0.25) is 9.79 Å². The van der Waals surface area contributed by atoms with Gasteiger partial charge in [-0.15, -0.1) is 0 Å². The van der Waals surface area contributed by atoms with Gasteiger partial charge in [-0.2, -0.15) is 0 Å². The molecule has 0 radical (unpaired) electrons. The van der Waals surface area contributed by atoms with E-state index in [1.54, 1.807) is 18.2 Å². The molecule has 1 amide bonds. The van der Waals surface area contributed by atoms with Gasteiger partial charge < -0.3 is 10.6 Å². The molecule has 1 aliphatic carbocycles. The molecule has 1 saturated heterocycles. The summed E-state index contributed by atoms with van der Waals surface area (Å²) in [6.07, 6.45) is 4.38. The molecular weight excluding hydrogens is 394 g/mol. The number of hydrogen-bond donors (Lipinski definition) is 2. The van der Waals surface area contributed by atoms with Crippen molar-refractivity contribution in [1.29, 1.82) is 0 Å². The second-order valence-electron chi connectivity index (χ2n) is 7.01. The van der Waals surface area contributed by atoms with Crippen LogP contribution in [0.25, 0.3) is 0 Å². The first-order chi connectivity index (χ1) is 12.4. The van der Waals surface area contributed by atoms with Crippen LogP contribution in [0.15, 0.2) is 23.2 Å². The molecule has 0 bridgehead atoms. The Morgan fingerprint density at radius 1 is 1.23 bits per heavy atom. The number of amidine groups is 1. The minimum Gasteiger partial charge on any atom is -0.349 e. The fraction of sp³-hybridized carbons (Fsp3) is 0.529. The average molecular weight is 414 g/mol. The summed E-state index contributed by atoms with van der Waals surface area (Å²) < 4.78 is 23.3. The molecule has 1 saturated carbocycles. The molecule has 0 aromatic heterocycles. The summed E-state index contributed by atoms with van der Waals surface area (Å²) in [5.41, 5.74) is 1.16. The Hall–Kier alpha value is -1.25. The molecule has 2 atom stereocenters. The van der Waals surface area contributed by atoms with Gasteiger partial charge in [0.1, 0.15) is 0 Å². The van der Waals surface area contributed by atoms with Gasteiger partial charge in [-0.1, -0.05) is 36.2 Å². The first-order valence-corrected chi connectivity index (χ1v) is 11.8. The van der Waals surface area contributed by atoms with Crippen molar-refractivity contribution in [3.63, 3.8) is 0 Å². The van der Waals surface area contributed by atoms with Gasteiger partial charge in [0.05, 0.1) is 28.3 Å². The zero-order chi connectivity index (χ0) is 18.3. The minimum absolute atomic E-state index is 0.0323. The summed E-state index contributed by atoms with van der Waals surface area (Å²) in [5, 5.41) is 7.35. The maximum atomic E-state index is 12.4. The van der Waals surface area contributed by atoms with E-state index < -0.39 is 9.84 Å². The number of aliphatic imine (C=N–C) groups is 1. The number of rotatable bonds is 3. The molecule has 1 aromatic carbocycles. The molecular formula is C17H20ClN3O3S2. The lowest BCUT2D eigenvalue weighted by molar-refractivity contribution is 0.0938. The van der Waals surface area contributed by atoms with Gasteiger partial charge >= 0.3 is 0 Å². The van der Waals surface area contributed by atoms with Crippen molar-refractivity contribution in [1.82, 2.24) is 5.32 Å². The average Bonchev–Trinajstić information content (AvgIpc) is 3.24. The summed E-state index contributed by atoms with van der Waals surface area (Å²) in [5.74, 6) is 0.169. The van der Waals surface area contributed by atoms with Crippen LogP contribution in [0.2, 0.25) is 5.02 Å². The van der Waals surface area contributed by atoms with Gasteiger partial charge in [0, 0.05) is 16.9 Å². The van der Waals surface area contributed by atoms with Crippen LogP contribution in [-0.2, 0) is 9.84 Å². The molecule has 140 valence electrons. The highest BCUT2D eigenvalue weighted by molar-refractivity contribution is 8.15. The summed E-state index contributed by atoms with van der Waals surface area (Å²) in [6, 6.07) is 5.19. The molecule has 2 N–H and O–H groups in total. The molecule has 6 nitrogen and oxygen atoms in total. The van der Waals surface area contributed by atoms with Crippen molar-refractivity contribution >= 4 is 50.0 Å². The van der Waals surface area contributed by atoms with Gasteiger partial charge in [0.2, 0.25) is 0 Å². The van der Waals surface area contributed by atoms with Crippen LogP contribution < -0.4 is 10.6 Å². The number of amides is 1. The second kappa shape index (κ2) is 7.05. The minimum atomic E-state index is -2.97. The van der Waals surface area contributed by atoms with Gasteiger partial charge in [0.25, 0.3) is 5.91 Å². The standard InChI is InChI=1S/C17H20ClN3O3S2/c18-12-6-5-10(16(22)19-11-3-1-2-4-11)7-13(12)20-17-21-14-8-26(23,24)9-15(14)25-17/h5-7,11,14-15H,1-4,8-9H2,(H,19,22)(H,20,21)/t14-,15+/m0/s1. The maximum absolute atomic E-state index is 12.4. The number of hydrogen-bond acceptors (Lipinski definition) is 6. The highest BCUT2D eigenvalue weighted by Crippen LogP contribution is 2.35. The van der Waals surface area contributed by atoms with Crippen LogP contribution in [0.4, 0.5) is 5.69 Å². The van der Waals surface area contributed by atoms with Crippen LogP contribution in [0, 0.1) is 0 Å². The molecule has 26 heavy (non-hydrogen) atoms. The molecule has 2 aliphatic heterocycles. The van der Waals surface area contributed by atoms with Crippen LogP contribution in [0.1, 0.15) is 36.0 Å². The zero-order valence-electron chi connectivity index (χ0n) is 14.1. The molecule has 3 aliphatic rings. The number of fused-ring (bicyclic) bond motifs is 1. The number of nitrogens with one attached hydrogen (secondary N) is 2. The third-order valence-corrected chi connectivity index (χ3v) is 8.45. The first kappa shape index (κ1) is 18.1.